The number of rotatable bonds is 7. The Kier molecular flexibility index (Phi) is 8.02. The molecular weight excluding hydrogens is 360 g/mol. The van der Waals surface area contributed by atoms with Gasteiger partial charge in [-0.05, 0) is 50.0 Å². The largest absolute Gasteiger partial charge is 0.407 e. The number of aryl methyl sites for hydroxylation is 1. The van der Waals surface area contributed by atoms with Crippen molar-refractivity contribution in [2.24, 2.45) is 5.92 Å². The van der Waals surface area contributed by atoms with Gasteiger partial charge in [-0.15, -0.1) is 0 Å². The lowest BCUT2D eigenvalue weighted by Gasteiger charge is -2.40. The lowest BCUT2D eigenvalue weighted by Crippen LogP contribution is -2.47. The Morgan fingerprint density at radius 3 is 2.04 bits per heavy atom. The first kappa shape index (κ1) is 23.3. The van der Waals surface area contributed by atoms with Gasteiger partial charge < -0.3 is 9.53 Å². The zero-order valence-corrected chi connectivity index (χ0v) is 19.6. The van der Waals surface area contributed by atoms with Crippen molar-refractivity contribution in [2.75, 3.05) is 0 Å². The number of benzene rings is 1. The van der Waals surface area contributed by atoms with Crippen LogP contribution in [0, 0.1) is 12.8 Å². The summed E-state index contributed by atoms with van der Waals surface area (Å²) in [6.07, 6.45) is 0.685. The summed E-state index contributed by atoms with van der Waals surface area (Å²) in [6, 6.07) is 7.72. The average molecular weight is 397 g/mol. The minimum Gasteiger partial charge on any atom is -0.407 e. The highest BCUT2D eigenvalue weighted by atomic mass is 32.2. The van der Waals surface area contributed by atoms with E-state index in [0.717, 1.165) is 10.5 Å². The van der Waals surface area contributed by atoms with Crippen molar-refractivity contribution >= 4 is 19.1 Å². The van der Waals surface area contributed by atoms with E-state index >= 15 is 0 Å². The van der Waals surface area contributed by atoms with E-state index < -0.39 is 31.3 Å². The Morgan fingerprint density at radius 2 is 1.65 bits per heavy atom. The predicted octanol–water partition coefficient (Wildman–Crippen LogP) is 5.41. The molecule has 0 aliphatic heterocycles. The van der Waals surface area contributed by atoms with Crippen LogP contribution in [0.4, 0.5) is 0 Å². The molecule has 0 saturated carbocycles. The fourth-order valence-electron chi connectivity index (χ4n) is 2.28. The molecule has 0 radical (unpaired) electrons. The highest BCUT2D eigenvalue weighted by molar-refractivity contribution is 7.89. The van der Waals surface area contributed by atoms with Crippen LogP contribution in [0.15, 0.2) is 40.1 Å². The average Bonchev–Trinajstić information content (AvgIpc) is 2.49. The van der Waals surface area contributed by atoms with E-state index in [-0.39, 0.29) is 11.0 Å². The summed E-state index contributed by atoms with van der Waals surface area (Å²) in [4.78, 5) is 1.41. The molecule has 3 atom stereocenters. The van der Waals surface area contributed by atoms with Crippen LogP contribution < -0.4 is 0 Å². The van der Waals surface area contributed by atoms with Crippen molar-refractivity contribution in [3.8, 4) is 0 Å². The second kappa shape index (κ2) is 8.96. The number of hydrogen-bond donors (Lipinski definition) is 1. The quantitative estimate of drug-likeness (QED) is 0.627. The summed E-state index contributed by atoms with van der Waals surface area (Å²) >= 11 is 0. The number of aliphatic hydroxyl groups excluding tert-OH is 1. The Balaban J connectivity index is 3.34. The van der Waals surface area contributed by atoms with Crippen LogP contribution in [0.3, 0.4) is 0 Å². The molecule has 3 nitrogen and oxygen atoms in total. The summed E-state index contributed by atoms with van der Waals surface area (Å²) in [5.74, 6) is 0.212. The molecule has 0 spiro atoms. The van der Waals surface area contributed by atoms with Gasteiger partial charge in [-0.3, -0.25) is 0 Å². The summed E-state index contributed by atoms with van der Waals surface area (Å²) in [5.41, 5.74) is 1.13. The zero-order valence-electron chi connectivity index (χ0n) is 17.8. The monoisotopic (exact) mass is 396 g/mol. The van der Waals surface area contributed by atoms with E-state index in [2.05, 4.69) is 47.7 Å². The first-order valence-electron chi connectivity index (χ1n) is 9.32. The molecule has 0 saturated heterocycles. The van der Waals surface area contributed by atoms with Crippen LogP contribution in [0.1, 0.15) is 47.1 Å². The molecule has 0 amide bonds. The molecule has 0 bridgehead atoms. The van der Waals surface area contributed by atoms with Crippen LogP contribution in [-0.2, 0) is 15.2 Å². The van der Waals surface area contributed by atoms with Gasteiger partial charge in [-0.2, -0.15) is 0 Å². The molecule has 5 heteroatoms. The molecule has 0 fully saturated rings. The number of aliphatic hydroxyl groups is 1. The summed E-state index contributed by atoms with van der Waals surface area (Å²) < 4.78 is 19.9. The molecule has 0 unspecified atom stereocenters. The maximum atomic E-state index is 13.3. The van der Waals surface area contributed by atoms with E-state index in [9.17, 15) is 9.32 Å². The second-order valence-corrected chi connectivity index (χ2v) is 15.2. The van der Waals surface area contributed by atoms with Gasteiger partial charge in [0.2, 0.25) is 0 Å². The van der Waals surface area contributed by atoms with Gasteiger partial charge in [0.05, 0.1) is 16.9 Å². The summed E-state index contributed by atoms with van der Waals surface area (Å²) in [5, 5.41) is 10.5. The van der Waals surface area contributed by atoms with E-state index in [1.165, 1.54) is 0 Å². The maximum absolute atomic E-state index is 13.3. The topological polar surface area (TPSA) is 46.5 Å². The fraction of sp³-hybridized carbons (Fsp3) is 0.619. The molecule has 1 aromatic rings. The lowest BCUT2D eigenvalue weighted by atomic mass is 10.1. The van der Waals surface area contributed by atoms with Crippen LogP contribution in [-0.4, -0.2) is 29.8 Å². The van der Waals surface area contributed by atoms with Crippen molar-refractivity contribution in [2.45, 2.75) is 83.7 Å². The van der Waals surface area contributed by atoms with Gasteiger partial charge in [-0.1, -0.05) is 58.4 Å². The van der Waals surface area contributed by atoms with Gasteiger partial charge in [-0.25, -0.2) is 4.21 Å². The third-order valence-electron chi connectivity index (χ3n) is 4.89. The van der Waals surface area contributed by atoms with Crippen molar-refractivity contribution in [1.29, 1.82) is 0 Å². The smallest absolute Gasteiger partial charge is 0.193 e. The van der Waals surface area contributed by atoms with Gasteiger partial charge in [0.25, 0.3) is 0 Å². The molecule has 0 aliphatic carbocycles. The van der Waals surface area contributed by atoms with E-state index in [1.807, 2.05) is 37.3 Å². The number of hydrogen-bond acceptors (Lipinski definition) is 3. The van der Waals surface area contributed by atoms with Gasteiger partial charge in [0.1, 0.15) is 6.10 Å². The highest BCUT2D eigenvalue weighted by Crippen LogP contribution is 2.39. The Morgan fingerprint density at radius 1 is 1.15 bits per heavy atom. The van der Waals surface area contributed by atoms with Gasteiger partial charge in [0.15, 0.2) is 8.32 Å². The Bertz CT molecular complexity index is 640. The van der Waals surface area contributed by atoms with Crippen molar-refractivity contribution in [3.63, 3.8) is 0 Å². The van der Waals surface area contributed by atoms with E-state index in [4.69, 9.17) is 4.43 Å². The Labute approximate surface area is 163 Å². The molecule has 0 aliphatic rings. The standard InChI is InChI=1S/C21H36O3SSi/c1-15(2)14-19(25(23)18-12-10-16(3)11-13-18)20(17(4)22)24-26(8,9)21(5,6)7/h10-15,17,20,22H,1-9H3/b19-14+/t17-,20-,25-/m0/s1. The van der Waals surface area contributed by atoms with Crippen LogP contribution >= 0.6 is 0 Å². The normalized spacial score (nSPS) is 17.3. The molecule has 1 aromatic carbocycles. The highest BCUT2D eigenvalue weighted by Gasteiger charge is 2.41. The van der Waals surface area contributed by atoms with Gasteiger partial charge in [0, 0.05) is 9.80 Å². The third kappa shape index (κ3) is 6.15. The molecule has 1 N–H and O–H groups in total. The molecule has 0 heterocycles. The zero-order chi connectivity index (χ0) is 20.3. The summed E-state index contributed by atoms with van der Waals surface area (Å²) in [7, 11) is -3.50. The van der Waals surface area contributed by atoms with Crippen LogP contribution in [0.25, 0.3) is 0 Å². The molecule has 26 heavy (non-hydrogen) atoms. The molecule has 0 aromatic heterocycles. The minimum absolute atomic E-state index is 0.00836. The number of allylic oxidation sites excluding steroid dienone is 1. The second-order valence-electron chi connectivity index (χ2n) is 8.93. The van der Waals surface area contributed by atoms with Crippen LogP contribution in [0.5, 0.6) is 0 Å². The maximum Gasteiger partial charge on any atom is 0.193 e. The summed E-state index contributed by atoms with van der Waals surface area (Å²) in [6.45, 7) is 18.7. The first-order valence-corrected chi connectivity index (χ1v) is 13.4. The predicted molar refractivity (Wildman–Crippen MR) is 114 cm³/mol. The van der Waals surface area contributed by atoms with Crippen molar-refractivity contribution in [1.82, 2.24) is 0 Å². The van der Waals surface area contributed by atoms with Gasteiger partial charge >= 0.3 is 0 Å². The van der Waals surface area contributed by atoms with Crippen molar-refractivity contribution < 1.29 is 13.7 Å². The lowest BCUT2D eigenvalue weighted by molar-refractivity contribution is 0.0657. The van der Waals surface area contributed by atoms with E-state index in [0.29, 0.717) is 4.91 Å². The fourth-order valence-corrected chi connectivity index (χ4v) is 5.18. The van der Waals surface area contributed by atoms with E-state index in [1.54, 1.807) is 6.92 Å². The Hall–Kier alpha value is -0.753. The first-order chi connectivity index (χ1) is 11.8. The van der Waals surface area contributed by atoms with Crippen LogP contribution in [0.2, 0.25) is 18.1 Å². The SMILES string of the molecule is Cc1ccc([S@](=O)/C(=C/C(C)C)[C@@H](O[Si](C)(C)C(C)(C)C)[C@H](C)O)cc1. The minimum atomic E-state index is -2.14. The molecule has 148 valence electrons. The van der Waals surface area contributed by atoms with Crippen molar-refractivity contribution in [3.05, 3.63) is 40.8 Å². The third-order valence-corrected chi connectivity index (χ3v) is 10.8. The molecular formula is C21H36O3SSi. The molecule has 1 rings (SSSR count).